The smallest absolute Gasteiger partial charge is 0.416 e. The number of benzene rings is 1. The number of carboxylic acid groups (broad SMARTS) is 1. The van der Waals surface area contributed by atoms with Gasteiger partial charge < -0.3 is 5.11 Å². The fourth-order valence-electron chi connectivity index (χ4n) is 1.35. The van der Waals surface area contributed by atoms with Gasteiger partial charge in [0.15, 0.2) is 0 Å². The molecule has 1 aromatic rings. The highest BCUT2D eigenvalue weighted by Gasteiger charge is 2.30. The van der Waals surface area contributed by atoms with Crippen molar-refractivity contribution in [2.45, 2.75) is 19.5 Å². The third-order valence-electron chi connectivity index (χ3n) is 2.17. The monoisotopic (exact) mass is 244 g/mol. The standard InChI is InChI=1S/C12H11F3O2/c1-2-8-5-9(3-4-11(16)17)7-10(6-8)12(13,14)15/h3-7H,2H2,1H3,(H,16,17)/b4-3+. The van der Waals surface area contributed by atoms with E-state index in [1.54, 1.807) is 6.92 Å². The van der Waals surface area contributed by atoms with E-state index in [1.165, 1.54) is 6.07 Å². The predicted molar refractivity (Wildman–Crippen MR) is 57.5 cm³/mol. The second kappa shape index (κ2) is 5.03. The second-order valence-electron chi connectivity index (χ2n) is 3.49. The molecule has 0 heterocycles. The van der Waals surface area contributed by atoms with Gasteiger partial charge in [-0.25, -0.2) is 4.79 Å². The van der Waals surface area contributed by atoms with Gasteiger partial charge in [0.05, 0.1) is 5.56 Å². The minimum atomic E-state index is -4.42. The first-order valence-electron chi connectivity index (χ1n) is 4.95. The summed E-state index contributed by atoms with van der Waals surface area (Å²) in [5.74, 6) is -1.19. The van der Waals surface area contributed by atoms with E-state index in [9.17, 15) is 18.0 Å². The van der Waals surface area contributed by atoms with Crippen LogP contribution in [0.25, 0.3) is 6.08 Å². The third-order valence-corrected chi connectivity index (χ3v) is 2.17. The number of halogens is 3. The number of hydrogen-bond acceptors (Lipinski definition) is 1. The Kier molecular flexibility index (Phi) is 3.93. The lowest BCUT2D eigenvalue weighted by Gasteiger charge is -2.09. The van der Waals surface area contributed by atoms with Crippen LogP contribution in [0.4, 0.5) is 13.2 Å². The fourth-order valence-corrected chi connectivity index (χ4v) is 1.35. The molecular weight excluding hydrogens is 233 g/mol. The van der Waals surface area contributed by atoms with Gasteiger partial charge in [-0.1, -0.05) is 13.0 Å². The van der Waals surface area contributed by atoms with Crippen molar-refractivity contribution in [2.75, 3.05) is 0 Å². The van der Waals surface area contributed by atoms with Crippen molar-refractivity contribution in [3.8, 4) is 0 Å². The highest BCUT2D eigenvalue weighted by atomic mass is 19.4. The molecule has 1 rings (SSSR count). The summed E-state index contributed by atoms with van der Waals surface area (Å²) in [7, 11) is 0. The minimum Gasteiger partial charge on any atom is -0.478 e. The molecule has 5 heteroatoms. The predicted octanol–water partition coefficient (Wildman–Crippen LogP) is 3.37. The molecule has 0 unspecified atom stereocenters. The maximum atomic E-state index is 12.5. The number of alkyl halides is 3. The molecule has 0 aromatic heterocycles. The highest BCUT2D eigenvalue weighted by Crippen LogP contribution is 2.31. The summed E-state index contributed by atoms with van der Waals surface area (Å²) in [5, 5.41) is 8.42. The largest absolute Gasteiger partial charge is 0.478 e. The van der Waals surface area contributed by atoms with Crippen LogP contribution in [0.15, 0.2) is 24.3 Å². The van der Waals surface area contributed by atoms with E-state index in [-0.39, 0.29) is 5.56 Å². The van der Waals surface area contributed by atoms with E-state index in [4.69, 9.17) is 5.11 Å². The van der Waals surface area contributed by atoms with Gasteiger partial charge in [-0.05, 0) is 35.8 Å². The molecule has 2 nitrogen and oxygen atoms in total. The van der Waals surface area contributed by atoms with Crippen molar-refractivity contribution in [1.82, 2.24) is 0 Å². The van der Waals surface area contributed by atoms with E-state index in [1.807, 2.05) is 0 Å². The van der Waals surface area contributed by atoms with Gasteiger partial charge >= 0.3 is 12.1 Å². The summed E-state index contributed by atoms with van der Waals surface area (Å²) in [6.07, 6.45) is -2.00. The Bertz CT molecular complexity index is 448. The van der Waals surface area contributed by atoms with Crippen LogP contribution in [0.2, 0.25) is 0 Å². The lowest BCUT2D eigenvalue weighted by atomic mass is 10.0. The first-order valence-corrected chi connectivity index (χ1v) is 4.95. The maximum absolute atomic E-state index is 12.5. The van der Waals surface area contributed by atoms with Gasteiger partial charge in [0.25, 0.3) is 0 Å². The normalized spacial score (nSPS) is 12.0. The topological polar surface area (TPSA) is 37.3 Å². The van der Waals surface area contributed by atoms with Gasteiger partial charge in [-0.2, -0.15) is 13.2 Å². The van der Waals surface area contributed by atoms with Crippen molar-refractivity contribution in [1.29, 1.82) is 0 Å². The average Bonchev–Trinajstić information content (AvgIpc) is 2.24. The molecule has 92 valence electrons. The van der Waals surface area contributed by atoms with Crippen molar-refractivity contribution < 1.29 is 23.1 Å². The van der Waals surface area contributed by atoms with Crippen LogP contribution < -0.4 is 0 Å². The summed E-state index contributed by atoms with van der Waals surface area (Å²) in [4.78, 5) is 10.3. The van der Waals surface area contributed by atoms with Crippen LogP contribution in [0.3, 0.4) is 0 Å². The molecule has 0 bridgehead atoms. The zero-order valence-corrected chi connectivity index (χ0v) is 9.08. The van der Waals surface area contributed by atoms with Crippen molar-refractivity contribution >= 4 is 12.0 Å². The Labute approximate surface area is 96.4 Å². The molecule has 0 aliphatic heterocycles. The van der Waals surface area contributed by atoms with Gasteiger partial charge in [-0.15, -0.1) is 0 Å². The molecule has 0 amide bonds. The zero-order chi connectivity index (χ0) is 13.1. The third kappa shape index (κ3) is 3.94. The summed E-state index contributed by atoms with van der Waals surface area (Å²) < 4.78 is 37.6. The Morgan fingerprint density at radius 3 is 2.47 bits per heavy atom. The molecule has 1 N–H and O–H groups in total. The zero-order valence-electron chi connectivity index (χ0n) is 9.08. The van der Waals surface area contributed by atoms with Gasteiger partial charge in [-0.3, -0.25) is 0 Å². The number of aryl methyl sites for hydroxylation is 1. The molecule has 0 fully saturated rings. The minimum absolute atomic E-state index is 0.235. The molecule has 1 aromatic carbocycles. The van der Waals surface area contributed by atoms with Gasteiger partial charge in [0.1, 0.15) is 0 Å². The Morgan fingerprint density at radius 2 is 2.00 bits per heavy atom. The first kappa shape index (κ1) is 13.3. The highest BCUT2D eigenvalue weighted by molar-refractivity contribution is 5.85. The van der Waals surface area contributed by atoms with Crippen LogP contribution in [-0.4, -0.2) is 11.1 Å². The van der Waals surface area contributed by atoms with Crippen LogP contribution in [0, 0.1) is 0 Å². The molecule has 17 heavy (non-hydrogen) atoms. The molecule has 0 aliphatic rings. The molecule has 0 saturated heterocycles. The molecule has 0 radical (unpaired) electrons. The van der Waals surface area contributed by atoms with Crippen molar-refractivity contribution in [3.05, 3.63) is 41.0 Å². The van der Waals surface area contributed by atoms with E-state index in [0.717, 1.165) is 24.3 Å². The molecular formula is C12H11F3O2. The summed E-state index contributed by atoms with van der Waals surface area (Å²) >= 11 is 0. The molecule has 0 spiro atoms. The van der Waals surface area contributed by atoms with E-state index in [0.29, 0.717) is 12.0 Å². The van der Waals surface area contributed by atoms with E-state index in [2.05, 4.69) is 0 Å². The quantitative estimate of drug-likeness (QED) is 0.828. The number of rotatable bonds is 3. The van der Waals surface area contributed by atoms with Crippen LogP contribution in [-0.2, 0) is 17.4 Å². The van der Waals surface area contributed by atoms with Gasteiger partial charge in [0, 0.05) is 6.08 Å². The summed E-state index contributed by atoms with van der Waals surface area (Å²) in [6.45, 7) is 1.74. The van der Waals surface area contributed by atoms with Crippen molar-refractivity contribution in [2.24, 2.45) is 0 Å². The molecule has 0 atom stereocenters. The number of hydrogen-bond donors (Lipinski definition) is 1. The number of aliphatic carboxylic acids is 1. The second-order valence-corrected chi connectivity index (χ2v) is 3.49. The van der Waals surface area contributed by atoms with Crippen LogP contribution >= 0.6 is 0 Å². The Balaban J connectivity index is 3.19. The number of carboxylic acids is 1. The lowest BCUT2D eigenvalue weighted by Crippen LogP contribution is -2.06. The lowest BCUT2D eigenvalue weighted by molar-refractivity contribution is -0.137. The van der Waals surface area contributed by atoms with Crippen molar-refractivity contribution in [3.63, 3.8) is 0 Å². The Morgan fingerprint density at radius 1 is 1.35 bits per heavy atom. The van der Waals surface area contributed by atoms with Crippen LogP contribution in [0.1, 0.15) is 23.6 Å². The fraction of sp³-hybridized carbons (Fsp3) is 0.250. The molecule has 0 aliphatic carbocycles. The van der Waals surface area contributed by atoms with E-state index < -0.39 is 17.7 Å². The summed E-state index contributed by atoms with van der Waals surface area (Å²) in [6, 6.07) is 3.53. The molecule has 0 saturated carbocycles. The van der Waals surface area contributed by atoms with E-state index >= 15 is 0 Å². The summed E-state index contributed by atoms with van der Waals surface area (Å²) in [5.41, 5.74) is -0.00849. The first-order chi connectivity index (χ1) is 7.82. The maximum Gasteiger partial charge on any atom is 0.416 e. The van der Waals surface area contributed by atoms with Gasteiger partial charge in [0.2, 0.25) is 0 Å². The SMILES string of the molecule is CCc1cc(/C=C/C(=O)O)cc(C(F)(F)F)c1. The average molecular weight is 244 g/mol. The van der Waals surface area contributed by atoms with Crippen LogP contribution in [0.5, 0.6) is 0 Å². The Hall–Kier alpha value is -1.78. The number of carbonyl (C=O) groups is 1.